The van der Waals surface area contributed by atoms with Crippen LogP contribution < -0.4 is 11.1 Å². The fourth-order valence-corrected chi connectivity index (χ4v) is 2.32. The van der Waals surface area contributed by atoms with Crippen LogP contribution in [0.25, 0.3) is 0 Å². The largest absolute Gasteiger partial charge is 0.370 e. The highest BCUT2D eigenvalue weighted by molar-refractivity contribution is 5.78. The Morgan fingerprint density at radius 1 is 1.39 bits per heavy atom. The second-order valence-corrected chi connectivity index (χ2v) is 4.77. The Morgan fingerprint density at radius 3 is 2.89 bits per heavy atom. The first-order valence-corrected chi connectivity index (χ1v) is 6.55. The van der Waals surface area contributed by atoms with E-state index >= 15 is 0 Å². The van der Waals surface area contributed by atoms with E-state index in [1.54, 1.807) is 6.07 Å². The molecule has 18 heavy (non-hydrogen) atoms. The quantitative estimate of drug-likeness (QED) is 0.635. The minimum Gasteiger partial charge on any atom is -0.370 e. The smallest absolute Gasteiger partial charge is 0.188 e. The first kappa shape index (κ1) is 12.9. The highest BCUT2D eigenvalue weighted by atomic mass is 19.1. The maximum absolute atomic E-state index is 13.0. The molecule has 0 saturated heterocycles. The van der Waals surface area contributed by atoms with Gasteiger partial charge in [-0.15, -0.1) is 0 Å². The number of halogens is 1. The Labute approximate surface area is 107 Å². The molecule has 3 nitrogen and oxygen atoms in total. The van der Waals surface area contributed by atoms with E-state index in [-0.39, 0.29) is 5.82 Å². The van der Waals surface area contributed by atoms with Gasteiger partial charge in [0.15, 0.2) is 5.96 Å². The van der Waals surface area contributed by atoms with Crippen molar-refractivity contribution in [2.45, 2.75) is 38.1 Å². The van der Waals surface area contributed by atoms with Crippen molar-refractivity contribution in [3.05, 3.63) is 35.6 Å². The predicted octanol–water partition coefficient (Wildman–Crippen LogP) is 2.22. The molecule has 1 fully saturated rings. The Balaban J connectivity index is 1.76. The van der Waals surface area contributed by atoms with Crippen LogP contribution in [-0.4, -0.2) is 18.5 Å². The monoisotopic (exact) mass is 249 g/mol. The molecule has 0 unspecified atom stereocenters. The highest BCUT2D eigenvalue weighted by Crippen LogP contribution is 2.17. The maximum atomic E-state index is 13.0. The van der Waals surface area contributed by atoms with Gasteiger partial charge in [-0.1, -0.05) is 25.0 Å². The summed E-state index contributed by atoms with van der Waals surface area (Å²) in [6.07, 6.45) is 5.62. The van der Waals surface area contributed by atoms with Crippen LogP contribution in [0, 0.1) is 5.82 Å². The van der Waals surface area contributed by atoms with E-state index in [1.807, 2.05) is 6.07 Å². The average Bonchev–Trinajstić information content (AvgIpc) is 2.82. The van der Waals surface area contributed by atoms with Crippen LogP contribution >= 0.6 is 0 Å². The lowest BCUT2D eigenvalue weighted by atomic mass is 10.1. The van der Waals surface area contributed by atoms with E-state index in [0.717, 1.165) is 5.56 Å². The number of nitrogens with one attached hydrogen (secondary N) is 1. The number of benzene rings is 1. The SMILES string of the molecule is NC(=NCCc1cccc(F)c1)NC1CCCC1. The van der Waals surface area contributed by atoms with Crippen molar-refractivity contribution in [3.63, 3.8) is 0 Å². The zero-order valence-corrected chi connectivity index (χ0v) is 10.5. The van der Waals surface area contributed by atoms with Crippen LogP contribution in [0.2, 0.25) is 0 Å². The van der Waals surface area contributed by atoms with Crippen molar-refractivity contribution in [2.24, 2.45) is 10.7 Å². The summed E-state index contributed by atoms with van der Waals surface area (Å²) in [6, 6.07) is 7.09. The van der Waals surface area contributed by atoms with Gasteiger partial charge >= 0.3 is 0 Å². The van der Waals surface area contributed by atoms with E-state index in [1.165, 1.54) is 37.8 Å². The predicted molar refractivity (Wildman–Crippen MR) is 72.0 cm³/mol. The number of rotatable bonds is 4. The summed E-state index contributed by atoms with van der Waals surface area (Å²) >= 11 is 0. The van der Waals surface area contributed by atoms with E-state index < -0.39 is 0 Å². The number of aliphatic imine (C=N–C) groups is 1. The number of guanidine groups is 1. The third-order valence-electron chi connectivity index (χ3n) is 3.28. The van der Waals surface area contributed by atoms with Crippen LogP contribution in [0.15, 0.2) is 29.3 Å². The lowest BCUT2D eigenvalue weighted by Crippen LogP contribution is -2.38. The van der Waals surface area contributed by atoms with Crippen molar-refractivity contribution in [3.8, 4) is 0 Å². The Hall–Kier alpha value is -1.58. The summed E-state index contributed by atoms with van der Waals surface area (Å²) in [5, 5.41) is 3.23. The van der Waals surface area contributed by atoms with Gasteiger partial charge in [0.05, 0.1) is 0 Å². The van der Waals surface area contributed by atoms with Crippen molar-refractivity contribution in [1.82, 2.24) is 5.32 Å². The van der Waals surface area contributed by atoms with Crippen LogP contribution in [0.4, 0.5) is 4.39 Å². The van der Waals surface area contributed by atoms with Crippen molar-refractivity contribution in [2.75, 3.05) is 6.54 Å². The molecule has 1 aliphatic carbocycles. The van der Waals surface area contributed by atoms with E-state index in [9.17, 15) is 4.39 Å². The third-order valence-corrected chi connectivity index (χ3v) is 3.28. The van der Waals surface area contributed by atoms with E-state index in [4.69, 9.17) is 5.73 Å². The summed E-state index contributed by atoms with van der Waals surface area (Å²) in [6.45, 7) is 0.592. The molecule has 98 valence electrons. The van der Waals surface area contributed by atoms with Gasteiger partial charge in [-0.05, 0) is 37.0 Å². The minimum absolute atomic E-state index is 0.200. The fourth-order valence-electron chi connectivity index (χ4n) is 2.32. The molecule has 0 bridgehead atoms. The summed E-state index contributed by atoms with van der Waals surface area (Å²) in [4.78, 5) is 4.27. The third kappa shape index (κ3) is 4.02. The molecule has 0 aromatic heterocycles. The molecule has 0 radical (unpaired) electrons. The lowest BCUT2D eigenvalue weighted by molar-refractivity contribution is 0.623. The molecule has 1 saturated carbocycles. The molecule has 0 spiro atoms. The van der Waals surface area contributed by atoms with Crippen LogP contribution in [0.1, 0.15) is 31.2 Å². The molecule has 1 aliphatic rings. The normalized spacial score (nSPS) is 17.1. The second kappa shape index (κ2) is 6.38. The zero-order chi connectivity index (χ0) is 12.8. The maximum Gasteiger partial charge on any atom is 0.188 e. The molecular weight excluding hydrogens is 229 g/mol. The zero-order valence-electron chi connectivity index (χ0n) is 10.5. The second-order valence-electron chi connectivity index (χ2n) is 4.77. The standard InChI is InChI=1S/C14H20FN3/c15-12-5-3-4-11(10-12)8-9-17-14(16)18-13-6-1-2-7-13/h3-5,10,13H,1-2,6-9H2,(H3,16,17,18). The number of hydrogen-bond donors (Lipinski definition) is 2. The highest BCUT2D eigenvalue weighted by Gasteiger charge is 2.14. The topological polar surface area (TPSA) is 50.4 Å². The summed E-state index contributed by atoms with van der Waals surface area (Å²) in [5.74, 6) is 0.312. The molecule has 3 N–H and O–H groups in total. The summed E-state index contributed by atoms with van der Waals surface area (Å²) in [5.41, 5.74) is 6.76. The van der Waals surface area contributed by atoms with Gasteiger partial charge in [-0.3, -0.25) is 4.99 Å². The number of nitrogens with two attached hydrogens (primary N) is 1. The molecular formula is C14H20FN3. The van der Waals surface area contributed by atoms with Gasteiger partial charge in [0.1, 0.15) is 5.82 Å². The van der Waals surface area contributed by atoms with Gasteiger partial charge in [0.25, 0.3) is 0 Å². The van der Waals surface area contributed by atoms with Gasteiger partial charge in [0.2, 0.25) is 0 Å². The van der Waals surface area contributed by atoms with Crippen molar-refractivity contribution < 1.29 is 4.39 Å². The molecule has 4 heteroatoms. The Morgan fingerprint density at radius 2 is 2.17 bits per heavy atom. The molecule has 1 aromatic carbocycles. The minimum atomic E-state index is -0.200. The van der Waals surface area contributed by atoms with Crippen molar-refractivity contribution in [1.29, 1.82) is 0 Å². The molecule has 0 aliphatic heterocycles. The van der Waals surface area contributed by atoms with Gasteiger partial charge in [-0.25, -0.2) is 4.39 Å². The molecule has 1 aromatic rings. The van der Waals surface area contributed by atoms with Crippen molar-refractivity contribution >= 4 is 5.96 Å². The molecule has 0 heterocycles. The number of hydrogen-bond acceptors (Lipinski definition) is 1. The average molecular weight is 249 g/mol. The summed E-state index contributed by atoms with van der Waals surface area (Å²) < 4.78 is 13.0. The molecule has 0 atom stereocenters. The number of nitrogens with zero attached hydrogens (tertiary/aromatic N) is 1. The van der Waals surface area contributed by atoms with Crippen LogP contribution in [-0.2, 0) is 6.42 Å². The summed E-state index contributed by atoms with van der Waals surface area (Å²) in [7, 11) is 0. The van der Waals surface area contributed by atoms with Gasteiger partial charge < -0.3 is 11.1 Å². The Bertz CT molecular complexity index is 411. The van der Waals surface area contributed by atoms with E-state index in [0.29, 0.717) is 25.0 Å². The fraction of sp³-hybridized carbons (Fsp3) is 0.500. The molecule has 2 rings (SSSR count). The first-order chi connectivity index (χ1) is 8.74. The lowest BCUT2D eigenvalue weighted by Gasteiger charge is -2.12. The first-order valence-electron chi connectivity index (χ1n) is 6.55. The van der Waals surface area contributed by atoms with E-state index in [2.05, 4.69) is 10.3 Å². The molecule has 0 amide bonds. The van der Waals surface area contributed by atoms with Crippen LogP contribution in [0.5, 0.6) is 0 Å². The van der Waals surface area contributed by atoms with Crippen LogP contribution in [0.3, 0.4) is 0 Å². The van der Waals surface area contributed by atoms with Gasteiger partial charge in [0, 0.05) is 12.6 Å². The Kier molecular flexibility index (Phi) is 4.56. The van der Waals surface area contributed by atoms with Gasteiger partial charge in [-0.2, -0.15) is 0 Å².